The van der Waals surface area contributed by atoms with Gasteiger partial charge in [0.25, 0.3) is 0 Å². The monoisotopic (exact) mass is 443 g/mol. The molecule has 0 amide bonds. The van der Waals surface area contributed by atoms with Crippen LogP contribution in [0.3, 0.4) is 0 Å². The number of hydrogen-bond acceptors (Lipinski definition) is 4. The van der Waals surface area contributed by atoms with Crippen molar-refractivity contribution >= 4 is 16.9 Å². The van der Waals surface area contributed by atoms with Crippen molar-refractivity contribution in [1.82, 2.24) is 9.97 Å². The molecule has 1 saturated heterocycles. The number of hydrogen-bond donors (Lipinski definition) is 1. The molecule has 0 saturated carbocycles. The number of anilines is 1. The summed E-state index contributed by atoms with van der Waals surface area (Å²) < 4.78 is 0. The highest BCUT2D eigenvalue weighted by Gasteiger charge is 2.37. The summed E-state index contributed by atoms with van der Waals surface area (Å²) in [6, 6.07) is 11.5. The van der Waals surface area contributed by atoms with Crippen molar-refractivity contribution in [2.75, 3.05) is 18.0 Å². The molecule has 33 heavy (non-hydrogen) atoms. The van der Waals surface area contributed by atoms with Crippen molar-refractivity contribution < 1.29 is 5.11 Å². The molecule has 0 bridgehead atoms. The Morgan fingerprint density at radius 2 is 1.67 bits per heavy atom. The maximum Gasteiger partial charge on any atom is 0.225 e. The lowest BCUT2D eigenvalue weighted by Gasteiger charge is -2.42. The number of rotatable bonds is 2. The molecule has 4 nitrogen and oxygen atoms in total. The van der Waals surface area contributed by atoms with Crippen molar-refractivity contribution in [3.05, 3.63) is 53.2 Å². The number of aryl methyl sites for hydroxylation is 1. The maximum absolute atomic E-state index is 10.00. The van der Waals surface area contributed by atoms with Gasteiger partial charge in [0.1, 0.15) is 0 Å². The Morgan fingerprint density at radius 3 is 2.42 bits per heavy atom. The van der Waals surface area contributed by atoms with Crippen molar-refractivity contribution in [3.63, 3.8) is 0 Å². The van der Waals surface area contributed by atoms with Crippen LogP contribution in [-0.2, 0) is 10.8 Å². The minimum absolute atomic E-state index is 0.191. The fraction of sp³-hybridized carbons (Fsp3) is 0.517. The Balaban J connectivity index is 1.56. The summed E-state index contributed by atoms with van der Waals surface area (Å²) in [5.41, 5.74) is 8.25. The lowest BCUT2D eigenvalue weighted by atomic mass is 9.62. The van der Waals surface area contributed by atoms with E-state index in [1.54, 1.807) is 0 Å². The molecule has 2 heterocycles. The van der Waals surface area contributed by atoms with Gasteiger partial charge in [0.05, 0.1) is 11.6 Å². The molecule has 1 aliphatic carbocycles. The summed E-state index contributed by atoms with van der Waals surface area (Å²) in [6.07, 6.45) is 6.80. The molecule has 1 atom stereocenters. The molecule has 1 aromatic heterocycles. The number of aliphatic hydroxyl groups excluding tert-OH is 1. The predicted molar refractivity (Wildman–Crippen MR) is 137 cm³/mol. The van der Waals surface area contributed by atoms with Gasteiger partial charge in [-0.25, -0.2) is 9.97 Å². The summed E-state index contributed by atoms with van der Waals surface area (Å²) in [6.45, 7) is 13.5. The molecule has 1 aliphatic heterocycles. The first-order valence-corrected chi connectivity index (χ1v) is 12.5. The first-order valence-electron chi connectivity index (χ1n) is 12.5. The van der Waals surface area contributed by atoms with Crippen molar-refractivity contribution in [2.45, 2.75) is 83.7 Å². The van der Waals surface area contributed by atoms with Crippen LogP contribution in [0.15, 0.2) is 36.5 Å². The largest absolute Gasteiger partial charge is 0.393 e. The number of aliphatic hydroxyl groups is 1. The lowest BCUT2D eigenvalue weighted by Crippen LogP contribution is -2.34. The van der Waals surface area contributed by atoms with Crippen LogP contribution in [0.5, 0.6) is 0 Å². The van der Waals surface area contributed by atoms with Crippen LogP contribution in [0, 0.1) is 6.92 Å². The Hall–Kier alpha value is -2.46. The molecule has 174 valence electrons. The quantitative estimate of drug-likeness (QED) is 0.504. The summed E-state index contributed by atoms with van der Waals surface area (Å²) in [5, 5.41) is 11.1. The van der Waals surface area contributed by atoms with Gasteiger partial charge in [-0.05, 0) is 83.7 Å². The molecule has 1 unspecified atom stereocenters. The summed E-state index contributed by atoms with van der Waals surface area (Å²) in [4.78, 5) is 11.8. The van der Waals surface area contributed by atoms with Crippen LogP contribution in [-0.4, -0.2) is 34.3 Å². The normalized spacial score (nSPS) is 22.1. The van der Waals surface area contributed by atoms with Crippen LogP contribution in [0.25, 0.3) is 22.0 Å². The van der Waals surface area contributed by atoms with Gasteiger partial charge in [0, 0.05) is 24.7 Å². The Morgan fingerprint density at radius 1 is 0.939 bits per heavy atom. The molecule has 1 N–H and O–H groups in total. The van der Waals surface area contributed by atoms with Gasteiger partial charge < -0.3 is 10.0 Å². The van der Waals surface area contributed by atoms with E-state index >= 15 is 0 Å². The zero-order valence-corrected chi connectivity index (χ0v) is 20.8. The molecule has 2 aliphatic rings. The second kappa shape index (κ2) is 8.09. The Bertz CT molecular complexity index is 1200. The van der Waals surface area contributed by atoms with Crippen molar-refractivity contribution in [1.29, 1.82) is 0 Å². The zero-order chi connectivity index (χ0) is 23.4. The van der Waals surface area contributed by atoms with Gasteiger partial charge in [0.15, 0.2) is 0 Å². The smallest absolute Gasteiger partial charge is 0.225 e. The highest BCUT2D eigenvalue weighted by atomic mass is 16.3. The van der Waals surface area contributed by atoms with Crippen LogP contribution in [0.2, 0.25) is 0 Å². The average Bonchev–Trinajstić information content (AvgIpc) is 3.00. The minimum Gasteiger partial charge on any atom is -0.393 e. The number of benzene rings is 2. The molecule has 1 fully saturated rings. The van der Waals surface area contributed by atoms with E-state index < -0.39 is 0 Å². The highest BCUT2D eigenvalue weighted by Crippen LogP contribution is 2.47. The number of aromatic nitrogens is 2. The molecular weight excluding hydrogens is 406 g/mol. The second-order valence-electron chi connectivity index (χ2n) is 11.5. The van der Waals surface area contributed by atoms with E-state index in [0.717, 1.165) is 49.2 Å². The molecule has 0 spiro atoms. The molecule has 5 rings (SSSR count). The Labute approximate surface area is 198 Å². The highest BCUT2D eigenvalue weighted by molar-refractivity contribution is 5.85. The standard InChI is InChI=1S/C29H37N3O/c1-19-15-24-25(29(4,5)12-11-28(24,2)3)17-23(19)20-8-9-21-18-30-27(31-26(21)16-20)32-13-6-7-22(33)10-14-32/h8-9,15-18,22,33H,6-7,10-14H2,1-5H3. The summed E-state index contributed by atoms with van der Waals surface area (Å²) >= 11 is 0. The van der Waals surface area contributed by atoms with Gasteiger partial charge >= 0.3 is 0 Å². The van der Waals surface area contributed by atoms with Crippen molar-refractivity contribution in [3.8, 4) is 11.1 Å². The lowest BCUT2D eigenvalue weighted by molar-refractivity contribution is 0.161. The van der Waals surface area contributed by atoms with Crippen LogP contribution < -0.4 is 4.90 Å². The predicted octanol–water partition coefficient (Wildman–Crippen LogP) is 6.31. The van der Waals surface area contributed by atoms with Crippen LogP contribution in [0.1, 0.15) is 76.5 Å². The third-order valence-electron chi connectivity index (χ3n) is 8.06. The molecule has 0 radical (unpaired) electrons. The van der Waals surface area contributed by atoms with E-state index in [4.69, 9.17) is 4.98 Å². The molecule has 2 aromatic carbocycles. The van der Waals surface area contributed by atoms with Gasteiger partial charge in [-0.3, -0.25) is 0 Å². The maximum atomic E-state index is 10.00. The Kier molecular flexibility index (Phi) is 5.48. The SMILES string of the molecule is Cc1cc2c(cc1-c1ccc3cnc(N4CCCC(O)CC4)nc3c1)C(C)(C)CCC2(C)C. The summed E-state index contributed by atoms with van der Waals surface area (Å²) in [7, 11) is 0. The molecular formula is C29H37N3O. The summed E-state index contributed by atoms with van der Waals surface area (Å²) in [5.74, 6) is 0.777. The first-order chi connectivity index (χ1) is 15.6. The number of fused-ring (bicyclic) bond motifs is 2. The molecule has 4 heteroatoms. The van der Waals surface area contributed by atoms with E-state index in [9.17, 15) is 5.11 Å². The topological polar surface area (TPSA) is 49.2 Å². The van der Waals surface area contributed by atoms with Crippen molar-refractivity contribution in [2.24, 2.45) is 0 Å². The van der Waals surface area contributed by atoms with Gasteiger partial charge in [0.2, 0.25) is 5.95 Å². The van der Waals surface area contributed by atoms with Gasteiger partial charge in [-0.1, -0.05) is 52.0 Å². The van der Waals surface area contributed by atoms with E-state index in [1.807, 2.05) is 6.20 Å². The zero-order valence-electron chi connectivity index (χ0n) is 20.8. The molecule has 3 aromatic rings. The second-order valence-corrected chi connectivity index (χ2v) is 11.5. The van der Waals surface area contributed by atoms with E-state index in [0.29, 0.717) is 0 Å². The van der Waals surface area contributed by atoms with E-state index in [1.165, 1.54) is 40.7 Å². The van der Waals surface area contributed by atoms with Gasteiger partial charge in [-0.15, -0.1) is 0 Å². The van der Waals surface area contributed by atoms with Gasteiger partial charge in [-0.2, -0.15) is 0 Å². The van der Waals surface area contributed by atoms with E-state index in [2.05, 4.69) is 74.8 Å². The third-order valence-corrected chi connectivity index (χ3v) is 8.06. The third kappa shape index (κ3) is 4.14. The average molecular weight is 444 g/mol. The number of nitrogens with zero attached hydrogens (tertiary/aromatic N) is 3. The minimum atomic E-state index is -0.205. The first kappa shape index (κ1) is 22.3. The van der Waals surface area contributed by atoms with Crippen LogP contribution in [0.4, 0.5) is 5.95 Å². The van der Waals surface area contributed by atoms with Crippen LogP contribution >= 0.6 is 0 Å². The fourth-order valence-electron chi connectivity index (χ4n) is 5.65. The van der Waals surface area contributed by atoms with E-state index in [-0.39, 0.29) is 16.9 Å². The fourth-order valence-corrected chi connectivity index (χ4v) is 5.65.